The maximum Gasteiger partial charge on any atom is 0.317 e. The van der Waals surface area contributed by atoms with E-state index in [-0.39, 0.29) is 6.54 Å². The first kappa shape index (κ1) is 30.4. The number of nitrogens with one attached hydrogen (secondary N) is 1. The summed E-state index contributed by atoms with van der Waals surface area (Å²) in [7, 11) is 0. The summed E-state index contributed by atoms with van der Waals surface area (Å²) in [5, 5.41) is 11.5. The molecule has 0 aliphatic heterocycles. The fourth-order valence-corrected chi connectivity index (χ4v) is 4.41. The van der Waals surface area contributed by atoms with Crippen molar-refractivity contribution < 1.29 is 9.90 Å². The molecule has 186 valence electrons. The number of hydrogen-bond acceptors (Lipinski definition) is 2. The van der Waals surface area contributed by atoms with E-state index in [4.69, 9.17) is 5.11 Å². The molecule has 0 saturated carbocycles. The second-order valence-corrected chi connectivity index (χ2v) is 9.70. The summed E-state index contributed by atoms with van der Waals surface area (Å²) in [6.07, 6.45) is 33.8. The Morgan fingerprint density at radius 1 is 0.484 bits per heavy atom. The van der Waals surface area contributed by atoms with Gasteiger partial charge in [-0.1, -0.05) is 155 Å². The van der Waals surface area contributed by atoms with E-state index in [1.165, 1.54) is 148 Å². The van der Waals surface area contributed by atoms with Gasteiger partial charge in [0.2, 0.25) is 0 Å². The Morgan fingerprint density at radius 3 is 1.00 bits per heavy atom. The van der Waals surface area contributed by atoms with Gasteiger partial charge in [-0.25, -0.2) is 0 Å². The smallest absolute Gasteiger partial charge is 0.317 e. The average Bonchev–Trinajstić information content (AvgIpc) is 2.76. The summed E-state index contributed by atoms with van der Waals surface area (Å²) in [6.45, 7) is 3.23. The van der Waals surface area contributed by atoms with Gasteiger partial charge in [0.15, 0.2) is 0 Å². The lowest BCUT2D eigenvalue weighted by Gasteiger charge is -2.04. The summed E-state index contributed by atoms with van der Waals surface area (Å²) in [6, 6.07) is 0. The van der Waals surface area contributed by atoms with Gasteiger partial charge in [0.05, 0.1) is 6.54 Å². The van der Waals surface area contributed by atoms with Crippen molar-refractivity contribution in [1.29, 1.82) is 0 Å². The first-order valence-corrected chi connectivity index (χ1v) is 14.2. The monoisotopic (exact) mass is 439 g/mol. The van der Waals surface area contributed by atoms with E-state index < -0.39 is 5.97 Å². The highest BCUT2D eigenvalue weighted by molar-refractivity contribution is 5.68. The maximum atomic E-state index is 10.4. The molecule has 0 heterocycles. The molecule has 0 fully saturated rings. The topological polar surface area (TPSA) is 49.3 Å². The first-order valence-electron chi connectivity index (χ1n) is 14.2. The number of aliphatic carboxylic acids is 1. The van der Waals surface area contributed by atoms with Crippen LogP contribution in [0.4, 0.5) is 0 Å². The minimum Gasteiger partial charge on any atom is -0.480 e. The van der Waals surface area contributed by atoms with E-state index in [0.29, 0.717) is 0 Å². The van der Waals surface area contributed by atoms with Crippen LogP contribution < -0.4 is 5.32 Å². The molecule has 0 spiro atoms. The fourth-order valence-electron chi connectivity index (χ4n) is 4.41. The minimum atomic E-state index is -0.760. The van der Waals surface area contributed by atoms with Crippen LogP contribution in [-0.4, -0.2) is 24.2 Å². The fraction of sp³-hybridized carbons (Fsp3) is 0.964. The van der Waals surface area contributed by atoms with Crippen molar-refractivity contribution >= 4 is 5.97 Å². The Balaban J connectivity index is 3.00. The molecule has 0 aliphatic rings. The lowest BCUT2D eigenvalue weighted by molar-refractivity contribution is -0.135. The van der Waals surface area contributed by atoms with Crippen LogP contribution in [0, 0.1) is 0 Å². The molecule has 0 aliphatic carbocycles. The molecular weight excluding hydrogens is 382 g/mol. The van der Waals surface area contributed by atoms with Crippen molar-refractivity contribution in [1.82, 2.24) is 5.32 Å². The van der Waals surface area contributed by atoms with Crippen molar-refractivity contribution in [3.05, 3.63) is 0 Å². The van der Waals surface area contributed by atoms with Crippen LogP contribution in [0.25, 0.3) is 0 Å². The van der Waals surface area contributed by atoms with Gasteiger partial charge in [0, 0.05) is 0 Å². The Hall–Kier alpha value is -0.570. The zero-order valence-corrected chi connectivity index (χ0v) is 21.2. The van der Waals surface area contributed by atoms with Gasteiger partial charge in [-0.2, -0.15) is 0 Å². The molecule has 0 atom stereocenters. The molecule has 0 aromatic rings. The van der Waals surface area contributed by atoms with Crippen LogP contribution in [0.5, 0.6) is 0 Å². The van der Waals surface area contributed by atoms with Gasteiger partial charge in [0.1, 0.15) is 0 Å². The zero-order chi connectivity index (χ0) is 22.7. The molecule has 0 aromatic carbocycles. The van der Waals surface area contributed by atoms with Crippen LogP contribution in [0.3, 0.4) is 0 Å². The summed E-state index contributed by atoms with van der Waals surface area (Å²) in [4.78, 5) is 10.4. The number of carboxylic acids is 1. The molecule has 0 bridgehead atoms. The van der Waals surface area contributed by atoms with Gasteiger partial charge in [-0.15, -0.1) is 0 Å². The third kappa shape index (κ3) is 29.4. The van der Waals surface area contributed by atoms with Crippen molar-refractivity contribution in [2.45, 2.75) is 161 Å². The van der Waals surface area contributed by atoms with E-state index in [9.17, 15) is 4.79 Å². The summed E-state index contributed by atoms with van der Waals surface area (Å²) >= 11 is 0. The number of rotatable bonds is 27. The quantitative estimate of drug-likeness (QED) is 0.125. The SMILES string of the molecule is CCCCCCCCCCCCCCCCCCCCCCCCCCNCC(=O)O. The summed E-state index contributed by atoms with van der Waals surface area (Å²) in [5.74, 6) is -0.760. The normalized spacial score (nSPS) is 11.3. The van der Waals surface area contributed by atoms with Crippen molar-refractivity contribution in [2.24, 2.45) is 0 Å². The van der Waals surface area contributed by atoms with E-state index in [1.54, 1.807) is 0 Å². The third-order valence-electron chi connectivity index (χ3n) is 6.48. The molecule has 0 radical (unpaired) electrons. The predicted molar refractivity (Wildman–Crippen MR) is 137 cm³/mol. The maximum absolute atomic E-state index is 10.4. The van der Waals surface area contributed by atoms with Crippen LogP contribution in [-0.2, 0) is 4.79 Å². The number of carbonyl (C=O) groups is 1. The average molecular weight is 440 g/mol. The molecule has 0 rings (SSSR count). The van der Waals surface area contributed by atoms with Crippen molar-refractivity contribution in [3.63, 3.8) is 0 Å². The third-order valence-corrected chi connectivity index (χ3v) is 6.48. The molecule has 31 heavy (non-hydrogen) atoms. The van der Waals surface area contributed by atoms with Gasteiger partial charge < -0.3 is 10.4 Å². The van der Waals surface area contributed by atoms with E-state index in [0.717, 1.165) is 13.0 Å². The molecule has 0 saturated heterocycles. The van der Waals surface area contributed by atoms with Gasteiger partial charge >= 0.3 is 5.97 Å². The molecule has 0 aromatic heterocycles. The van der Waals surface area contributed by atoms with Gasteiger partial charge in [0.25, 0.3) is 0 Å². The second-order valence-electron chi connectivity index (χ2n) is 9.70. The van der Waals surface area contributed by atoms with Crippen molar-refractivity contribution in [3.8, 4) is 0 Å². The predicted octanol–water partition coefficient (Wildman–Crippen LogP) is 9.04. The second kappa shape index (κ2) is 27.5. The van der Waals surface area contributed by atoms with Crippen LogP contribution >= 0.6 is 0 Å². The summed E-state index contributed by atoms with van der Waals surface area (Å²) in [5.41, 5.74) is 0. The van der Waals surface area contributed by atoms with E-state index >= 15 is 0 Å². The minimum absolute atomic E-state index is 0.0966. The highest BCUT2D eigenvalue weighted by atomic mass is 16.4. The molecule has 3 heteroatoms. The Kier molecular flexibility index (Phi) is 27.0. The molecule has 0 amide bonds. The van der Waals surface area contributed by atoms with Crippen LogP contribution in [0.2, 0.25) is 0 Å². The molecule has 2 N–H and O–H groups in total. The first-order chi connectivity index (χ1) is 15.3. The highest BCUT2D eigenvalue weighted by Gasteiger charge is 1.97. The lowest BCUT2D eigenvalue weighted by Crippen LogP contribution is -2.23. The number of hydrogen-bond donors (Lipinski definition) is 2. The van der Waals surface area contributed by atoms with E-state index in [2.05, 4.69) is 12.2 Å². The van der Waals surface area contributed by atoms with Crippen LogP contribution in [0.1, 0.15) is 161 Å². The van der Waals surface area contributed by atoms with Gasteiger partial charge in [-0.05, 0) is 13.0 Å². The lowest BCUT2D eigenvalue weighted by atomic mass is 10.0. The van der Waals surface area contributed by atoms with Gasteiger partial charge in [-0.3, -0.25) is 4.79 Å². The standard InChI is InChI=1S/C28H57NO2/c1-2-3-4-5-6-7-8-9-10-11-12-13-14-15-16-17-18-19-20-21-22-23-24-25-26-29-27-28(30)31/h29H,2-27H2,1H3,(H,30,31). The Labute approximate surface area is 195 Å². The Morgan fingerprint density at radius 2 is 0.742 bits per heavy atom. The molecule has 3 nitrogen and oxygen atoms in total. The molecular formula is C28H57NO2. The molecule has 0 unspecified atom stereocenters. The number of carboxylic acid groups (broad SMARTS) is 1. The summed E-state index contributed by atoms with van der Waals surface area (Å²) < 4.78 is 0. The van der Waals surface area contributed by atoms with Crippen molar-refractivity contribution in [2.75, 3.05) is 13.1 Å². The van der Waals surface area contributed by atoms with E-state index in [1.807, 2.05) is 0 Å². The number of unbranched alkanes of at least 4 members (excludes halogenated alkanes) is 23. The zero-order valence-electron chi connectivity index (χ0n) is 21.2. The highest BCUT2D eigenvalue weighted by Crippen LogP contribution is 2.15. The Bertz CT molecular complexity index is 346. The van der Waals surface area contributed by atoms with Crippen LogP contribution in [0.15, 0.2) is 0 Å². The largest absolute Gasteiger partial charge is 0.480 e.